The smallest absolute Gasteiger partial charge is 0.133 e. The van der Waals surface area contributed by atoms with Gasteiger partial charge in [-0.2, -0.15) is 0 Å². The van der Waals surface area contributed by atoms with Gasteiger partial charge in [0.2, 0.25) is 0 Å². The van der Waals surface area contributed by atoms with Crippen LogP contribution in [0.3, 0.4) is 0 Å². The van der Waals surface area contributed by atoms with Crippen molar-refractivity contribution in [3.05, 3.63) is 27.7 Å². The van der Waals surface area contributed by atoms with Crippen molar-refractivity contribution in [2.45, 2.75) is 19.4 Å². The molecule has 0 amide bonds. The van der Waals surface area contributed by atoms with Crippen molar-refractivity contribution in [1.29, 1.82) is 0 Å². The van der Waals surface area contributed by atoms with E-state index in [1.54, 1.807) is 0 Å². The van der Waals surface area contributed by atoms with Gasteiger partial charge in [0, 0.05) is 11.6 Å². The fourth-order valence-electron chi connectivity index (χ4n) is 1.82. The maximum atomic E-state index is 9.79. The molecule has 1 aromatic rings. The summed E-state index contributed by atoms with van der Waals surface area (Å²) in [5.41, 5.74) is 2.30. The van der Waals surface area contributed by atoms with Crippen LogP contribution in [0.1, 0.15) is 24.1 Å². The molecule has 1 unspecified atom stereocenters. The number of rotatable bonds is 0. The first-order valence-electron chi connectivity index (χ1n) is 4.44. The van der Waals surface area contributed by atoms with Crippen LogP contribution in [0.2, 0.25) is 0 Å². The minimum Gasteiger partial charge on any atom is -0.506 e. The lowest BCUT2D eigenvalue weighted by Gasteiger charge is -2.24. The monoisotopic (exact) mass is 241 g/mol. The zero-order valence-electron chi connectivity index (χ0n) is 7.47. The molecule has 2 nitrogen and oxygen atoms in total. The third kappa shape index (κ3) is 1.46. The van der Waals surface area contributed by atoms with E-state index in [1.165, 1.54) is 5.56 Å². The molecule has 2 N–H and O–H groups in total. The first-order chi connectivity index (χ1) is 6.20. The number of fused-ring (bicyclic) bond motifs is 1. The van der Waals surface area contributed by atoms with E-state index in [0.717, 1.165) is 23.0 Å². The van der Waals surface area contributed by atoms with Crippen LogP contribution in [0.25, 0.3) is 0 Å². The van der Waals surface area contributed by atoms with E-state index < -0.39 is 0 Å². The molecule has 1 atom stereocenters. The van der Waals surface area contributed by atoms with Crippen LogP contribution in [-0.4, -0.2) is 11.7 Å². The molecular formula is C10H12BrNO. The van der Waals surface area contributed by atoms with Gasteiger partial charge in [0.05, 0.1) is 4.47 Å². The Morgan fingerprint density at radius 2 is 2.31 bits per heavy atom. The third-order valence-electron chi connectivity index (χ3n) is 2.56. The lowest BCUT2D eigenvalue weighted by atomic mass is 9.95. The number of hydrogen-bond donors (Lipinski definition) is 2. The molecule has 0 saturated heterocycles. The van der Waals surface area contributed by atoms with E-state index >= 15 is 0 Å². The summed E-state index contributed by atoms with van der Waals surface area (Å²) in [5.74, 6) is 0.408. The van der Waals surface area contributed by atoms with Crippen LogP contribution in [0.5, 0.6) is 5.75 Å². The van der Waals surface area contributed by atoms with Gasteiger partial charge in [-0.3, -0.25) is 0 Å². The van der Waals surface area contributed by atoms with Gasteiger partial charge >= 0.3 is 0 Å². The summed E-state index contributed by atoms with van der Waals surface area (Å²) in [5, 5.41) is 13.1. The van der Waals surface area contributed by atoms with Crippen LogP contribution in [0.15, 0.2) is 16.6 Å². The Kier molecular flexibility index (Phi) is 2.30. The number of hydrogen-bond acceptors (Lipinski definition) is 2. The molecular weight excluding hydrogens is 230 g/mol. The molecule has 0 saturated carbocycles. The van der Waals surface area contributed by atoms with E-state index in [9.17, 15) is 5.11 Å². The Labute approximate surface area is 86.1 Å². The molecule has 0 aromatic heterocycles. The predicted molar refractivity (Wildman–Crippen MR) is 55.9 cm³/mol. The normalized spacial score (nSPS) is 21.2. The number of phenolic OH excluding ortho intramolecular Hbond substituents is 1. The molecule has 1 aliphatic rings. The lowest BCUT2D eigenvalue weighted by molar-refractivity contribution is 0.449. The average molecular weight is 242 g/mol. The maximum Gasteiger partial charge on any atom is 0.133 e. The van der Waals surface area contributed by atoms with Crippen LogP contribution >= 0.6 is 15.9 Å². The van der Waals surface area contributed by atoms with Crippen molar-refractivity contribution in [3.8, 4) is 5.75 Å². The van der Waals surface area contributed by atoms with E-state index in [0.29, 0.717) is 11.8 Å². The zero-order chi connectivity index (χ0) is 9.42. The number of benzene rings is 1. The SMILES string of the molecule is CC1NCCc2c1ccc(Br)c2O. The quantitative estimate of drug-likeness (QED) is 0.731. The summed E-state index contributed by atoms with van der Waals surface area (Å²) in [6.07, 6.45) is 0.908. The number of halogens is 1. The summed E-state index contributed by atoms with van der Waals surface area (Å²) in [6, 6.07) is 4.32. The third-order valence-corrected chi connectivity index (χ3v) is 3.20. The Morgan fingerprint density at radius 1 is 1.54 bits per heavy atom. The van der Waals surface area contributed by atoms with Gasteiger partial charge in [-0.25, -0.2) is 0 Å². The Hall–Kier alpha value is -0.540. The van der Waals surface area contributed by atoms with Gasteiger partial charge in [0.25, 0.3) is 0 Å². The van der Waals surface area contributed by atoms with Gasteiger partial charge in [0.1, 0.15) is 5.75 Å². The van der Waals surface area contributed by atoms with E-state index in [4.69, 9.17) is 0 Å². The van der Waals surface area contributed by atoms with Crippen molar-refractivity contribution in [2.24, 2.45) is 0 Å². The minimum absolute atomic E-state index is 0.350. The second-order valence-electron chi connectivity index (χ2n) is 3.39. The fraction of sp³-hybridized carbons (Fsp3) is 0.400. The first kappa shape index (κ1) is 9.03. The summed E-state index contributed by atoms with van der Waals surface area (Å²) >= 11 is 3.32. The van der Waals surface area contributed by atoms with E-state index in [2.05, 4.69) is 34.2 Å². The molecule has 1 aliphatic heterocycles. The van der Waals surface area contributed by atoms with Crippen molar-refractivity contribution < 1.29 is 5.11 Å². The number of nitrogens with one attached hydrogen (secondary N) is 1. The summed E-state index contributed by atoms with van der Waals surface area (Å²) in [7, 11) is 0. The minimum atomic E-state index is 0.350. The predicted octanol–water partition coefficient (Wildman–Crippen LogP) is 2.36. The topological polar surface area (TPSA) is 32.3 Å². The average Bonchev–Trinajstić information content (AvgIpc) is 2.12. The van der Waals surface area contributed by atoms with Crippen molar-refractivity contribution in [3.63, 3.8) is 0 Å². The molecule has 0 aliphatic carbocycles. The summed E-state index contributed by atoms with van der Waals surface area (Å²) in [6.45, 7) is 3.06. The molecule has 0 radical (unpaired) electrons. The van der Waals surface area contributed by atoms with Crippen LogP contribution in [0.4, 0.5) is 0 Å². The van der Waals surface area contributed by atoms with Crippen LogP contribution in [-0.2, 0) is 6.42 Å². The molecule has 0 fully saturated rings. The van der Waals surface area contributed by atoms with E-state index in [1.807, 2.05) is 6.07 Å². The summed E-state index contributed by atoms with van der Waals surface area (Å²) < 4.78 is 0.792. The van der Waals surface area contributed by atoms with Crippen molar-refractivity contribution in [2.75, 3.05) is 6.54 Å². The number of aromatic hydroxyl groups is 1. The second kappa shape index (κ2) is 3.31. The zero-order valence-corrected chi connectivity index (χ0v) is 9.06. The van der Waals surface area contributed by atoms with Gasteiger partial charge in [-0.1, -0.05) is 6.07 Å². The van der Waals surface area contributed by atoms with E-state index in [-0.39, 0.29) is 0 Å². The van der Waals surface area contributed by atoms with Crippen LogP contribution in [0, 0.1) is 0 Å². The fourth-order valence-corrected chi connectivity index (χ4v) is 2.19. The number of phenols is 1. The molecule has 70 valence electrons. The standard InChI is InChI=1S/C10H12BrNO/c1-6-7-2-3-9(11)10(13)8(7)4-5-12-6/h2-3,6,12-13H,4-5H2,1H3. The highest BCUT2D eigenvalue weighted by atomic mass is 79.9. The highest BCUT2D eigenvalue weighted by Crippen LogP contribution is 2.35. The molecule has 0 spiro atoms. The van der Waals surface area contributed by atoms with Gasteiger partial charge in [-0.15, -0.1) is 0 Å². The summed E-state index contributed by atoms with van der Waals surface area (Å²) in [4.78, 5) is 0. The molecule has 3 heteroatoms. The Bertz CT molecular complexity index is 338. The maximum absolute atomic E-state index is 9.79. The molecule has 2 rings (SSSR count). The molecule has 1 aromatic carbocycles. The first-order valence-corrected chi connectivity index (χ1v) is 5.23. The van der Waals surface area contributed by atoms with Crippen LogP contribution < -0.4 is 5.32 Å². The second-order valence-corrected chi connectivity index (χ2v) is 4.24. The highest BCUT2D eigenvalue weighted by Gasteiger charge is 2.19. The Balaban J connectivity index is 2.56. The van der Waals surface area contributed by atoms with Gasteiger partial charge in [0.15, 0.2) is 0 Å². The highest BCUT2D eigenvalue weighted by molar-refractivity contribution is 9.10. The van der Waals surface area contributed by atoms with Gasteiger partial charge in [-0.05, 0) is 47.4 Å². The molecule has 13 heavy (non-hydrogen) atoms. The molecule has 0 bridgehead atoms. The van der Waals surface area contributed by atoms with Crippen molar-refractivity contribution in [1.82, 2.24) is 5.32 Å². The van der Waals surface area contributed by atoms with Crippen molar-refractivity contribution >= 4 is 15.9 Å². The Morgan fingerprint density at radius 3 is 3.08 bits per heavy atom. The lowest BCUT2D eigenvalue weighted by Crippen LogP contribution is -2.27. The largest absolute Gasteiger partial charge is 0.506 e. The van der Waals surface area contributed by atoms with Gasteiger partial charge < -0.3 is 10.4 Å². The molecule has 1 heterocycles.